The molecule has 0 saturated carbocycles. The molecule has 2 N–H and O–H groups in total. The van der Waals surface area contributed by atoms with Gasteiger partial charge in [-0.3, -0.25) is 9.69 Å². The lowest BCUT2D eigenvalue weighted by atomic mass is 10.1. The summed E-state index contributed by atoms with van der Waals surface area (Å²) in [5, 5.41) is 2.89. The number of hydrogen-bond donors (Lipinski definition) is 2. The summed E-state index contributed by atoms with van der Waals surface area (Å²) in [5.74, 6) is -0.142. The molecule has 122 valence electrons. The van der Waals surface area contributed by atoms with Gasteiger partial charge in [-0.2, -0.15) is 0 Å². The number of hydrogen-bond acceptors (Lipinski definition) is 3. The zero-order valence-electron chi connectivity index (χ0n) is 12.8. The van der Waals surface area contributed by atoms with Crippen molar-refractivity contribution in [2.75, 3.05) is 38.2 Å². The minimum Gasteiger partial charge on any atom is -0.379 e. The highest BCUT2D eigenvalue weighted by molar-refractivity contribution is 9.10. The van der Waals surface area contributed by atoms with Crippen molar-refractivity contribution in [3.8, 4) is 0 Å². The number of amides is 1. The minimum absolute atomic E-state index is 0.142. The lowest BCUT2D eigenvalue weighted by Gasteiger charge is -2.26. The van der Waals surface area contributed by atoms with Gasteiger partial charge in [-0.15, -0.1) is 0 Å². The number of nitrogens with one attached hydrogen (secondary N) is 2. The van der Waals surface area contributed by atoms with Crippen molar-refractivity contribution in [3.63, 3.8) is 0 Å². The SMILES string of the molecule is O=C(Nc1ccc(CCN2CCOCC2)cc1)c1cc(Br)c[nH]1. The Hall–Kier alpha value is -1.63. The Bertz CT molecular complexity index is 648. The fourth-order valence-electron chi connectivity index (χ4n) is 2.56. The predicted molar refractivity (Wildman–Crippen MR) is 93.9 cm³/mol. The molecule has 1 aromatic heterocycles. The van der Waals surface area contributed by atoms with Gasteiger partial charge < -0.3 is 15.0 Å². The minimum atomic E-state index is -0.142. The van der Waals surface area contributed by atoms with E-state index in [4.69, 9.17) is 4.74 Å². The van der Waals surface area contributed by atoms with Crippen LogP contribution in [0.2, 0.25) is 0 Å². The monoisotopic (exact) mass is 377 g/mol. The molecular weight excluding hydrogens is 358 g/mol. The average molecular weight is 378 g/mol. The van der Waals surface area contributed by atoms with Gasteiger partial charge in [-0.05, 0) is 46.1 Å². The molecule has 0 bridgehead atoms. The number of morpholine rings is 1. The third kappa shape index (κ3) is 4.67. The van der Waals surface area contributed by atoms with Crippen LogP contribution in [-0.4, -0.2) is 48.6 Å². The van der Waals surface area contributed by atoms with Crippen LogP contribution in [0, 0.1) is 0 Å². The van der Waals surface area contributed by atoms with Crippen molar-refractivity contribution in [1.29, 1.82) is 0 Å². The second kappa shape index (κ2) is 7.77. The second-order valence-electron chi connectivity index (χ2n) is 5.59. The average Bonchev–Trinajstić information content (AvgIpc) is 3.02. The number of ether oxygens (including phenoxy) is 1. The number of nitrogens with zero attached hydrogens (tertiary/aromatic N) is 1. The van der Waals surface area contributed by atoms with Crippen molar-refractivity contribution >= 4 is 27.5 Å². The van der Waals surface area contributed by atoms with Crippen LogP contribution >= 0.6 is 15.9 Å². The molecule has 1 saturated heterocycles. The molecule has 1 aromatic carbocycles. The maximum atomic E-state index is 12.1. The highest BCUT2D eigenvalue weighted by Crippen LogP contribution is 2.14. The predicted octanol–water partition coefficient (Wildman–Crippen LogP) is 2.90. The molecule has 0 spiro atoms. The van der Waals surface area contributed by atoms with Gasteiger partial charge >= 0.3 is 0 Å². The number of H-pyrrole nitrogens is 1. The topological polar surface area (TPSA) is 57.4 Å². The highest BCUT2D eigenvalue weighted by atomic mass is 79.9. The zero-order valence-corrected chi connectivity index (χ0v) is 14.4. The van der Waals surface area contributed by atoms with E-state index < -0.39 is 0 Å². The van der Waals surface area contributed by atoms with E-state index in [2.05, 4.69) is 43.3 Å². The van der Waals surface area contributed by atoms with Crippen LogP contribution in [0.1, 0.15) is 16.1 Å². The Morgan fingerprint density at radius 1 is 1.26 bits per heavy atom. The number of anilines is 1. The largest absolute Gasteiger partial charge is 0.379 e. The zero-order chi connectivity index (χ0) is 16.1. The maximum absolute atomic E-state index is 12.1. The molecular formula is C17H20BrN3O2. The third-order valence-electron chi connectivity index (χ3n) is 3.92. The van der Waals surface area contributed by atoms with Crippen LogP contribution in [0.15, 0.2) is 41.0 Å². The molecule has 23 heavy (non-hydrogen) atoms. The second-order valence-corrected chi connectivity index (χ2v) is 6.50. The van der Waals surface area contributed by atoms with Crippen LogP contribution < -0.4 is 5.32 Å². The number of halogens is 1. The number of carbonyl (C=O) groups excluding carboxylic acids is 1. The van der Waals surface area contributed by atoms with Gasteiger partial charge in [-0.1, -0.05) is 12.1 Å². The first-order chi connectivity index (χ1) is 11.2. The van der Waals surface area contributed by atoms with Gasteiger partial charge in [-0.25, -0.2) is 0 Å². The summed E-state index contributed by atoms with van der Waals surface area (Å²) in [7, 11) is 0. The molecule has 1 aliphatic rings. The smallest absolute Gasteiger partial charge is 0.272 e. The molecule has 0 unspecified atom stereocenters. The summed E-state index contributed by atoms with van der Waals surface area (Å²) < 4.78 is 6.22. The Morgan fingerprint density at radius 2 is 2.00 bits per heavy atom. The van der Waals surface area contributed by atoms with Gasteiger partial charge in [0.15, 0.2) is 0 Å². The number of rotatable bonds is 5. The molecule has 0 atom stereocenters. The quantitative estimate of drug-likeness (QED) is 0.841. The summed E-state index contributed by atoms with van der Waals surface area (Å²) in [6.07, 6.45) is 2.75. The van der Waals surface area contributed by atoms with Crippen molar-refractivity contribution in [2.24, 2.45) is 0 Å². The van der Waals surface area contributed by atoms with Crippen LogP contribution in [0.3, 0.4) is 0 Å². The van der Waals surface area contributed by atoms with E-state index in [0.29, 0.717) is 5.69 Å². The number of benzene rings is 1. The Labute approximate surface area is 144 Å². The summed E-state index contributed by atoms with van der Waals surface area (Å²) in [6.45, 7) is 4.74. The van der Waals surface area contributed by atoms with Crippen LogP contribution in [0.25, 0.3) is 0 Å². The fourth-order valence-corrected chi connectivity index (χ4v) is 2.91. The molecule has 2 aromatic rings. The van der Waals surface area contributed by atoms with Crippen LogP contribution in [0.4, 0.5) is 5.69 Å². The van der Waals surface area contributed by atoms with Gasteiger partial charge in [0.1, 0.15) is 5.69 Å². The number of carbonyl (C=O) groups is 1. The van der Waals surface area contributed by atoms with Crippen LogP contribution in [0.5, 0.6) is 0 Å². The molecule has 6 heteroatoms. The normalized spacial score (nSPS) is 15.5. The molecule has 1 fully saturated rings. The first-order valence-corrected chi connectivity index (χ1v) is 8.54. The number of aromatic nitrogens is 1. The standard InChI is InChI=1S/C17H20BrN3O2/c18-14-11-16(19-12-14)17(22)20-15-3-1-13(2-4-15)5-6-21-7-9-23-10-8-21/h1-4,11-12,19H,5-10H2,(H,20,22). The molecule has 0 radical (unpaired) electrons. The summed E-state index contributed by atoms with van der Waals surface area (Å²) in [6, 6.07) is 9.79. The molecule has 3 rings (SSSR count). The van der Waals surface area contributed by atoms with Gasteiger partial charge in [0.2, 0.25) is 0 Å². The van der Waals surface area contributed by atoms with Crippen LogP contribution in [-0.2, 0) is 11.2 Å². The van der Waals surface area contributed by atoms with Crippen molar-refractivity contribution in [1.82, 2.24) is 9.88 Å². The first-order valence-electron chi connectivity index (χ1n) is 7.75. The van der Waals surface area contributed by atoms with E-state index in [1.54, 1.807) is 12.3 Å². The van der Waals surface area contributed by atoms with E-state index in [1.807, 2.05) is 12.1 Å². The van der Waals surface area contributed by atoms with E-state index in [1.165, 1.54) is 5.56 Å². The number of aromatic amines is 1. The molecule has 2 heterocycles. The van der Waals surface area contributed by atoms with E-state index in [0.717, 1.165) is 49.4 Å². The highest BCUT2D eigenvalue weighted by Gasteiger charge is 2.10. The molecule has 5 nitrogen and oxygen atoms in total. The first kappa shape index (κ1) is 16.2. The lowest BCUT2D eigenvalue weighted by Crippen LogP contribution is -2.37. The van der Waals surface area contributed by atoms with Crippen molar-refractivity contribution in [3.05, 3.63) is 52.3 Å². The van der Waals surface area contributed by atoms with Gasteiger partial charge in [0.25, 0.3) is 5.91 Å². The van der Waals surface area contributed by atoms with Crippen molar-refractivity contribution in [2.45, 2.75) is 6.42 Å². The molecule has 0 aliphatic carbocycles. The van der Waals surface area contributed by atoms with E-state index >= 15 is 0 Å². The van der Waals surface area contributed by atoms with Gasteiger partial charge in [0.05, 0.1) is 13.2 Å². The van der Waals surface area contributed by atoms with E-state index in [-0.39, 0.29) is 5.91 Å². The maximum Gasteiger partial charge on any atom is 0.272 e. The Kier molecular flexibility index (Phi) is 5.48. The third-order valence-corrected chi connectivity index (χ3v) is 4.38. The molecule has 1 amide bonds. The Morgan fingerprint density at radius 3 is 2.65 bits per heavy atom. The summed E-state index contributed by atoms with van der Waals surface area (Å²) >= 11 is 3.32. The van der Waals surface area contributed by atoms with Gasteiger partial charge in [0, 0.05) is 36.0 Å². The Balaban J connectivity index is 1.51. The lowest BCUT2D eigenvalue weighted by molar-refractivity contribution is 0.0384. The van der Waals surface area contributed by atoms with Crippen molar-refractivity contribution < 1.29 is 9.53 Å². The molecule has 1 aliphatic heterocycles. The summed E-state index contributed by atoms with van der Waals surface area (Å²) in [4.78, 5) is 17.4. The summed E-state index contributed by atoms with van der Waals surface area (Å²) in [5.41, 5.74) is 2.61. The van der Waals surface area contributed by atoms with E-state index in [9.17, 15) is 4.79 Å². The fraction of sp³-hybridized carbons (Fsp3) is 0.353.